The second-order valence-corrected chi connectivity index (χ2v) is 6.37. The van der Waals surface area contributed by atoms with Crippen LogP contribution in [0.15, 0.2) is 24.3 Å². The van der Waals surface area contributed by atoms with Gasteiger partial charge in [0, 0.05) is 32.2 Å². The van der Waals surface area contributed by atoms with Gasteiger partial charge in [0.15, 0.2) is 0 Å². The van der Waals surface area contributed by atoms with Crippen molar-refractivity contribution in [2.45, 2.75) is 45.1 Å². The Morgan fingerprint density at radius 1 is 1.05 bits per heavy atom. The van der Waals surface area contributed by atoms with Crippen LogP contribution in [-0.2, 0) is 6.42 Å². The van der Waals surface area contributed by atoms with Crippen LogP contribution in [0.5, 0.6) is 0 Å². The number of nitrogens with zero attached hydrogens (tertiary/aromatic N) is 1. The molecular weight excluding hydrogens is 315 g/mol. The summed E-state index contributed by atoms with van der Waals surface area (Å²) in [6.07, 6.45) is 6.84. The third kappa shape index (κ3) is 4.61. The second kappa shape index (κ2) is 9.77. The molecule has 1 saturated carbocycles. The number of benzene rings is 1. The van der Waals surface area contributed by atoms with Crippen LogP contribution < -0.4 is 5.32 Å². The van der Waals surface area contributed by atoms with E-state index in [9.17, 15) is 0 Å². The van der Waals surface area contributed by atoms with Gasteiger partial charge in [0.05, 0.1) is 0 Å². The molecule has 0 aromatic heterocycles. The molecule has 2 aliphatic rings. The zero-order valence-corrected chi connectivity index (χ0v) is 15.2. The number of nitrogens with one attached hydrogen (secondary N) is 1. The van der Waals surface area contributed by atoms with E-state index < -0.39 is 0 Å². The van der Waals surface area contributed by atoms with Gasteiger partial charge in [-0.15, -0.1) is 24.8 Å². The minimum absolute atomic E-state index is 0. The molecule has 2 nitrogen and oxygen atoms in total. The largest absolute Gasteiger partial charge is 0.314 e. The maximum Gasteiger partial charge on any atom is 0.0377 e. The summed E-state index contributed by atoms with van der Waals surface area (Å²) in [5, 5.41) is 3.49. The van der Waals surface area contributed by atoms with Crippen LogP contribution >= 0.6 is 24.8 Å². The van der Waals surface area contributed by atoms with Gasteiger partial charge in [-0.2, -0.15) is 0 Å². The van der Waals surface area contributed by atoms with Crippen LogP contribution in [0.4, 0.5) is 0 Å². The van der Waals surface area contributed by atoms with Crippen molar-refractivity contribution >= 4 is 24.8 Å². The Balaban J connectivity index is 0.00000121. The highest BCUT2D eigenvalue weighted by molar-refractivity contribution is 5.85. The molecule has 2 fully saturated rings. The highest BCUT2D eigenvalue weighted by Gasteiger charge is 2.31. The topological polar surface area (TPSA) is 15.3 Å². The second-order valence-electron chi connectivity index (χ2n) is 6.37. The molecule has 4 heteroatoms. The van der Waals surface area contributed by atoms with E-state index >= 15 is 0 Å². The van der Waals surface area contributed by atoms with Crippen molar-refractivity contribution < 1.29 is 0 Å². The van der Waals surface area contributed by atoms with Crippen molar-refractivity contribution in [3.05, 3.63) is 35.4 Å². The van der Waals surface area contributed by atoms with Gasteiger partial charge in [0.2, 0.25) is 0 Å². The monoisotopic (exact) mass is 344 g/mol. The number of halogens is 2. The Morgan fingerprint density at radius 2 is 1.64 bits per heavy atom. The van der Waals surface area contributed by atoms with Crippen LogP contribution in [0.25, 0.3) is 0 Å². The normalized spacial score (nSPS) is 21.0. The fourth-order valence-corrected chi connectivity index (χ4v) is 3.97. The summed E-state index contributed by atoms with van der Waals surface area (Å²) in [6, 6.07) is 10.1. The fraction of sp³-hybridized carbons (Fsp3) is 0.667. The molecule has 1 aromatic rings. The zero-order valence-electron chi connectivity index (χ0n) is 13.6. The lowest BCUT2D eigenvalue weighted by Crippen LogP contribution is -2.46. The van der Waals surface area contributed by atoms with E-state index in [4.69, 9.17) is 0 Å². The van der Waals surface area contributed by atoms with Crippen LogP contribution in [-0.4, -0.2) is 31.1 Å². The van der Waals surface area contributed by atoms with Gasteiger partial charge in [-0.1, -0.05) is 44.0 Å². The molecule has 1 aromatic carbocycles. The van der Waals surface area contributed by atoms with Crippen LogP contribution in [0.2, 0.25) is 0 Å². The van der Waals surface area contributed by atoms with Gasteiger partial charge in [-0.3, -0.25) is 4.90 Å². The molecule has 0 spiro atoms. The molecule has 1 N–H and O–H groups in total. The number of aryl methyl sites for hydroxylation is 1. The predicted octanol–water partition coefficient (Wildman–Crippen LogP) is 4.23. The molecule has 1 saturated heterocycles. The summed E-state index contributed by atoms with van der Waals surface area (Å²) in [5.41, 5.74) is 3.01. The molecule has 22 heavy (non-hydrogen) atoms. The standard InChI is InChI=1S/C18H28N2.2ClH/c1-2-15-7-9-17(10-8-15)18(16-5-3-4-6-16)20-13-11-19-12-14-20;;/h7-10,16,18-19H,2-6,11-14H2,1H3;2*1H/t18-;;/m1../s1. The van der Waals surface area contributed by atoms with Gasteiger partial charge in [-0.05, 0) is 36.3 Å². The summed E-state index contributed by atoms with van der Waals surface area (Å²) in [6.45, 7) is 6.94. The third-order valence-electron chi connectivity index (χ3n) is 5.12. The Morgan fingerprint density at radius 3 is 2.18 bits per heavy atom. The Kier molecular flexibility index (Phi) is 8.78. The number of rotatable bonds is 4. The SMILES string of the molecule is CCc1ccc([C@@H](C2CCCC2)N2CCNCC2)cc1.Cl.Cl. The van der Waals surface area contributed by atoms with Gasteiger partial charge in [0.25, 0.3) is 0 Å². The van der Waals surface area contributed by atoms with Crippen LogP contribution in [0.3, 0.4) is 0 Å². The average molecular weight is 345 g/mol. The van der Waals surface area contributed by atoms with Crippen molar-refractivity contribution in [3.63, 3.8) is 0 Å². The lowest BCUT2D eigenvalue weighted by molar-refractivity contribution is 0.125. The predicted molar refractivity (Wildman–Crippen MR) is 99.5 cm³/mol. The molecule has 126 valence electrons. The first-order chi connectivity index (χ1) is 9.88. The van der Waals surface area contributed by atoms with E-state index in [-0.39, 0.29) is 24.8 Å². The summed E-state index contributed by atoms with van der Waals surface area (Å²) in [7, 11) is 0. The lowest BCUT2D eigenvalue weighted by atomic mass is 9.89. The molecule has 3 rings (SSSR count). The smallest absolute Gasteiger partial charge is 0.0377 e. The molecule has 1 atom stereocenters. The van der Waals surface area contributed by atoms with E-state index in [1.807, 2.05) is 0 Å². The van der Waals surface area contributed by atoms with Crippen molar-refractivity contribution in [2.24, 2.45) is 5.92 Å². The number of piperazine rings is 1. The van der Waals surface area contributed by atoms with E-state index in [1.165, 1.54) is 44.3 Å². The first-order valence-electron chi connectivity index (χ1n) is 8.42. The van der Waals surface area contributed by atoms with Crippen LogP contribution in [0, 0.1) is 5.92 Å². The van der Waals surface area contributed by atoms with Gasteiger partial charge in [0.1, 0.15) is 0 Å². The highest BCUT2D eigenvalue weighted by atomic mass is 35.5. The number of hydrogen-bond donors (Lipinski definition) is 1. The summed E-state index contributed by atoms with van der Waals surface area (Å²) in [4.78, 5) is 2.73. The molecule has 1 heterocycles. The zero-order chi connectivity index (χ0) is 13.8. The van der Waals surface area contributed by atoms with Crippen molar-refractivity contribution in [1.82, 2.24) is 10.2 Å². The third-order valence-corrected chi connectivity index (χ3v) is 5.12. The molecule has 0 amide bonds. The maximum absolute atomic E-state index is 3.49. The molecule has 1 aliphatic carbocycles. The van der Waals surface area contributed by atoms with E-state index in [1.54, 1.807) is 5.56 Å². The summed E-state index contributed by atoms with van der Waals surface area (Å²) >= 11 is 0. The maximum atomic E-state index is 3.49. The Hall–Kier alpha value is -0.280. The molecule has 0 bridgehead atoms. The molecule has 0 unspecified atom stereocenters. The van der Waals surface area contributed by atoms with Crippen molar-refractivity contribution in [3.8, 4) is 0 Å². The van der Waals surface area contributed by atoms with Gasteiger partial charge in [-0.25, -0.2) is 0 Å². The van der Waals surface area contributed by atoms with E-state index in [0.717, 1.165) is 25.4 Å². The summed E-state index contributed by atoms with van der Waals surface area (Å²) < 4.78 is 0. The highest BCUT2D eigenvalue weighted by Crippen LogP contribution is 2.39. The molecule has 1 aliphatic heterocycles. The minimum Gasteiger partial charge on any atom is -0.314 e. The fourth-order valence-electron chi connectivity index (χ4n) is 3.97. The van der Waals surface area contributed by atoms with Gasteiger partial charge >= 0.3 is 0 Å². The molecule has 0 radical (unpaired) electrons. The first kappa shape index (κ1) is 19.8. The first-order valence-corrected chi connectivity index (χ1v) is 8.42. The number of hydrogen-bond acceptors (Lipinski definition) is 2. The average Bonchev–Trinajstić information content (AvgIpc) is 3.03. The van der Waals surface area contributed by atoms with E-state index in [0.29, 0.717) is 6.04 Å². The summed E-state index contributed by atoms with van der Waals surface area (Å²) in [5.74, 6) is 0.876. The van der Waals surface area contributed by atoms with Crippen molar-refractivity contribution in [1.29, 1.82) is 0 Å². The molecular formula is C18H30Cl2N2. The van der Waals surface area contributed by atoms with Crippen LogP contribution in [0.1, 0.15) is 49.8 Å². The van der Waals surface area contributed by atoms with Crippen molar-refractivity contribution in [2.75, 3.05) is 26.2 Å². The quantitative estimate of drug-likeness (QED) is 0.879. The Labute approximate surface area is 147 Å². The van der Waals surface area contributed by atoms with E-state index in [2.05, 4.69) is 41.4 Å². The Bertz CT molecular complexity index is 410. The minimum atomic E-state index is 0. The van der Waals surface area contributed by atoms with Gasteiger partial charge < -0.3 is 5.32 Å². The lowest BCUT2D eigenvalue weighted by Gasteiger charge is -2.38.